The second-order valence-corrected chi connectivity index (χ2v) is 9.23. The Hall–Kier alpha value is -3.35. The lowest BCUT2D eigenvalue weighted by molar-refractivity contribution is -0.138. The first-order valence-corrected chi connectivity index (χ1v) is 12.1. The summed E-state index contributed by atoms with van der Waals surface area (Å²) in [5, 5.41) is 14.8. The Balaban J connectivity index is 1.25. The van der Waals surface area contributed by atoms with Gasteiger partial charge in [0, 0.05) is 23.9 Å². The normalized spacial score (nSPS) is 20.0. The number of amides is 2. The van der Waals surface area contributed by atoms with E-state index in [1.54, 1.807) is 0 Å². The maximum absolute atomic E-state index is 12.5. The van der Waals surface area contributed by atoms with Crippen LogP contribution in [-0.4, -0.2) is 41.8 Å². The molecule has 4 rings (SSSR count). The van der Waals surface area contributed by atoms with Gasteiger partial charge in [0.2, 0.25) is 5.91 Å². The average Bonchev–Trinajstić information content (AvgIpc) is 3.16. The molecule has 0 bridgehead atoms. The molecule has 1 saturated carbocycles. The summed E-state index contributed by atoms with van der Waals surface area (Å²) in [4.78, 5) is 36.0. The number of hydrogen-bond donors (Lipinski definition) is 3. The topological polar surface area (TPSA) is 105 Å². The first-order valence-electron chi connectivity index (χ1n) is 12.1. The lowest BCUT2D eigenvalue weighted by Crippen LogP contribution is -2.44. The lowest BCUT2D eigenvalue weighted by atomic mass is 9.85. The van der Waals surface area contributed by atoms with E-state index in [2.05, 4.69) is 34.9 Å². The third-order valence-corrected chi connectivity index (χ3v) is 7.02. The van der Waals surface area contributed by atoms with Crippen LogP contribution in [0.2, 0.25) is 0 Å². The van der Waals surface area contributed by atoms with Gasteiger partial charge in [-0.25, -0.2) is 4.79 Å². The van der Waals surface area contributed by atoms with Crippen molar-refractivity contribution in [1.29, 1.82) is 0 Å². The van der Waals surface area contributed by atoms with E-state index in [1.807, 2.05) is 31.2 Å². The molecular formula is C27H32N2O5. The fourth-order valence-corrected chi connectivity index (χ4v) is 5.13. The number of hydrogen-bond acceptors (Lipinski definition) is 4. The van der Waals surface area contributed by atoms with Crippen LogP contribution in [0.5, 0.6) is 0 Å². The van der Waals surface area contributed by atoms with Crippen molar-refractivity contribution in [2.45, 2.75) is 63.5 Å². The zero-order valence-electron chi connectivity index (χ0n) is 19.5. The molecule has 0 aromatic heterocycles. The molecule has 0 radical (unpaired) electrons. The van der Waals surface area contributed by atoms with Crippen LogP contribution in [0.25, 0.3) is 11.1 Å². The minimum atomic E-state index is -0.914. The Morgan fingerprint density at radius 3 is 2.12 bits per heavy atom. The molecule has 2 aliphatic rings. The summed E-state index contributed by atoms with van der Waals surface area (Å²) in [6.45, 7) is 2.14. The molecular weight excluding hydrogens is 432 g/mol. The first-order chi connectivity index (χ1) is 16.5. The molecule has 3 N–H and O–H groups in total. The van der Waals surface area contributed by atoms with E-state index in [0.29, 0.717) is 32.1 Å². The number of carboxylic acids is 1. The van der Waals surface area contributed by atoms with Crippen molar-refractivity contribution in [3.05, 3.63) is 59.7 Å². The summed E-state index contributed by atoms with van der Waals surface area (Å²) in [7, 11) is 0. The predicted octanol–water partition coefficient (Wildman–Crippen LogP) is 4.45. The number of alkyl carbamates (subject to hydrolysis) is 1. The van der Waals surface area contributed by atoms with Gasteiger partial charge in [-0.2, -0.15) is 0 Å². The molecule has 2 aliphatic carbocycles. The lowest BCUT2D eigenvalue weighted by Gasteiger charge is -2.29. The van der Waals surface area contributed by atoms with Gasteiger partial charge < -0.3 is 20.5 Å². The Bertz CT molecular complexity index is 999. The minimum absolute atomic E-state index is 0.0231. The van der Waals surface area contributed by atoms with E-state index in [1.165, 1.54) is 22.3 Å². The molecule has 2 aromatic carbocycles. The summed E-state index contributed by atoms with van der Waals surface area (Å²) in [6, 6.07) is 16.1. The van der Waals surface area contributed by atoms with Crippen molar-refractivity contribution in [3.63, 3.8) is 0 Å². The van der Waals surface area contributed by atoms with Crippen LogP contribution < -0.4 is 10.6 Å². The van der Waals surface area contributed by atoms with Crippen LogP contribution in [0.15, 0.2) is 48.5 Å². The summed E-state index contributed by atoms with van der Waals surface area (Å²) < 4.78 is 5.64. The Morgan fingerprint density at radius 2 is 1.56 bits per heavy atom. The van der Waals surface area contributed by atoms with Crippen molar-refractivity contribution in [2.24, 2.45) is 5.92 Å². The summed E-state index contributed by atoms with van der Waals surface area (Å²) in [6.07, 6.45) is 2.78. The second kappa shape index (κ2) is 10.7. The SMILES string of the molecule is CCC(CC(=O)O)NC(=O)C1CCC(NC(=O)OCC2c3ccccc3-c3ccccc32)CC1. The summed E-state index contributed by atoms with van der Waals surface area (Å²) in [5.74, 6) is -1.13. The highest BCUT2D eigenvalue weighted by Crippen LogP contribution is 2.44. The van der Waals surface area contributed by atoms with Crippen molar-refractivity contribution in [2.75, 3.05) is 6.61 Å². The first kappa shape index (κ1) is 23.8. The molecule has 0 aliphatic heterocycles. The number of rotatable bonds is 8. The number of carbonyl (C=O) groups excluding carboxylic acids is 2. The largest absolute Gasteiger partial charge is 0.481 e. The highest BCUT2D eigenvalue weighted by atomic mass is 16.5. The van der Waals surface area contributed by atoms with Crippen molar-refractivity contribution in [1.82, 2.24) is 10.6 Å². The second-order valence-electron chi connectivity index (χ2n) is 9.23. The maximum atomic E-state index is 12.5. The van der Waals surface area contributed by atoms with Gasteiger partial charge in [-0.3, -0.25) is 9.59 Å². The van der Waals surface area contributed by atoms with Crippen LogP contribution in [0, 0.1) is 5.92 Å². The van der Waals surface area contributed by atoms with Crippen LogP contribution in [0.4, 0.5) is 4.79 Å². The molecule has 7 heteroatoms. The zero-order chi connectivity index (χ0) is 24.1. The molecule has 34 heavy (non-hydrogen) atoms. The van der Waals surface area contributed by atoms with Crippen LogP contribution in [-0.2, 0) is 14.3 Å². The van der Waals surface area contributed by atoms with E-state index >= 15 is 0 Å². The Morgan fingerprint density at radius 1 is 0.971 bits per heavy atom. The highest BCUT2D eigenvalue weighted by molar-refractivity contribution is 5.80. The fraction of sp³-hybridized carbons (Fsp3) is 0.444. The molecule has 2 amide bonds. The number of benzene rings is 2. The monoisotopic (exact) mass is 464 g/mol. The Kier molecular flexibility index (Phi) is 7.50. The van der Waals surface area contributed by atoms with Crippen molar-refractivity contribution in [3.8, 4) is 11.1 Å². The van der Waals surface area contributed by atoms with Crippen LogP contribution in [0.3, 0.4) is 0 Å². The van der Waals surface area contributed by atoms with E-state index in [-0.39, 0.29) is 42.9 Å². The molecule has 180 valence electrons. The third-order valence-electron chi connectivity index (χ3n) is 7.02. The smallest absolute Gasteiger partial charge is 0.407 e. The van der Waals surface area contributed by atoms with Gasteiger partial charge in [0.25, 0.3) is 0 Å². The number of ether oxygens (including phenoxy) is 1. The molecule has 7 nitrogen and oxygen atoms in total. The molecule has 2 aromatic rings. The van der Waals surface area contributed by atoms with Gasteiger partial charge in [-0.1, -0.05) is 55.5 Å². The molecule has 1 unspecified atom stereocenters. The third kappa shape index (κ3) is 5.41. The van der Waals surface area contributed by atoms with E-state index in [9.17, 15) is 14.4 Å². The number of aliphatic carboxylic acids is 1. The van der Waals surface area contributed by atoms with Crippen LogP contribution in [0.1, 0.15) is 62.5 Å². The molecule has 0 spiro atoms. The van der Waals surface area contributed by atoms with Gasteiger partial charge in [0.05, 0.1) is 6.42 Å². The molecule has 0 heterocycles. The van der Waals surface area contributed by atoms with Gasteiger partial charge in [0.15, 0.2) is 0 Å². The molecule has 1 fully saturated rings. The standard InChI is InChI=1S/C27H32N2O5/c1-2-18(15-25(30)31)28-26(32)17-11-13-19(14-12-17)29-27(33)34-16-24-22-9-5-3-7-20(22)21-8-4-6-10-23(21)24/h3-10,17-19,24H,2,11-16H2,1H3,(H,28,32)(H,29,33)(H,30,31). The van der Waals surface area contributed by atoms with Gasteiger partial charge in [-0.05, 0) is 54.4 Å². The van der Waals surface area contributed by atoms with Crippen molar-refractivity contribution < 1.29 is 24.2 Å². The van der Waals surface area contributed by atoms with Crippen LogP contribution >= 0.6 is 0 Å². The van der Waals surface area contributed by atoms with Gasteiger partial charge in [0.1, 0.15) is 6.61 Å². The van der Waals surface area contributed by atoms with Crippen molar-refractivity contribution >= 4 is 18.0 Å². The average molecular weight is 465 g/mol. The number of nitrogens with one attached hydrogen (secondary N) is 2. The van der Waals surface area contributed by atoms with E-state index in [4.69, 9.17) is 9.84 Å². The zero-order valence-corrected chi connectivity index (χ0v) is 19.5. The van der Waals surface area contributed by atoms with Gasteiger partial charge >= 0.3 is 12.1 Å². The number of carbonyl (C=O) groups is 3. The van der Waals surface area contributed by atoms with E-state index < -0.39 is 12.1 Å². The summed E-state index contributed by atoms with van der Waals surface area (Å²) >= 11 is 0. The predicted molar refractivity (Wildman–Crippen MR) is 128 cm³/mol. The molecule has 1 atom stereocenters. The van der Waals surface area contributed by atoms with Gasteiger partial charge in [-0.15, -0.1) is 0 Å². The minimum Gasteiger partial charge on any atom is -0.481 e. The fourth-order valence-electron chi connectivity index (χ4n) is 5.13. The number of carboxylic acid groups (broad SMARTS) is 1. The molecule has 0 saturated heterocycles. The number of fused-ring (bicyclic) bond motifs is 3. The quantitative estimate of drug-likeness (QED) is 0.535. The van der Waals surface area contributed by atoms with E-state index in [0.717, 1.165) is 0 Å². The summed E-state index contributed by atoms with van der Waals surface area (Å²) in [5.41, 5.74) is 4.74. The Labute approximate surface area is 199 Å². The maximum Gasteiger partial charge on any atom is 0.407 e. The highest BCUT2D eigenvalue weighted by Gasteiger charge is 2.31.